The fourth-order valence-electron chi connectivity index (χ4n) is 3.50. The van der Waals surface area contributed by atoms with Crippen LogP contribution in [-0.2, 0) is 22.4 Å². The van der Waals surface area contributed by atoms with Crippen molar-refractivity contribution in [2.75, 3.05) is 11.9 Å². The molecule has 2 aromatic heterocycles. The number of esters is 1. The molecule has 0 bridgehead atoms. The number of rotatable bonds is 4. The average Bonchev–Trinajstić information content (AvgIpc) is 3.20. The Morgan fingerprint density at radius 2 is 2.18 bits per heavy atom. The van der Waals surface area contributed by atoms with Crippen molar-refractivity contribution in [2.45, 2.75) is 47.0 Å². The Kier molecular flexibility index (Phi) is 5.61. The third-order valence-electron chi connectivity index (χ3n) is 5.27. The lowest BCUT2D eigenvalue weighted by Crippen LogP contribution is -2.26. The summed E-state index contributed by atoms with van der Waals surface area (Å²) >= 11 is 1.46. The summed E-state index contributed by atoms with van der Waals surface area (Å²) in [4.78, 5) is 25.4. The molecule has 1 aliphatic carbocycles. The van der Waals surface area contributed by atoms with Crippen LogP contribution in [0.4, 0.5) is 5.00 Å². The molecule has 2 heterocycles. The van der Waals surface area contributed by atoms with Crippen LogP contribution >= 0.6 is 11.3 Å². The monoisotopic (exact) mass is 400 g/mol. The van der Waals surface area contributed by atoms with E-state index in [4.69, 9.17) is 9.15 Å². The van der Waals surface area contributed by atoms with E-state index in [2.05, 4.69) is 32.2 Å². The molecule has 1 amide bonds. The molecule has 0 saturated carbocycles. The van der Waals surface area contributed by atoms with E-state index >= 15 is 0 Å². The van der Waals surface area contributed by atoms with Gasteiger partial charge in [0, 0.05) is 4.88 Å². The molecule has 7 heteroatoms. The fraction of sp³-hybridized carbons (Fsp3) is 0.476. The van der Waals surface area contributed by atoms with Crippen LogP contribution in [0, 0.1) is 29.6 Å². The van der Waals surface area contributed by atoms with E-state index in [1.54, 1.807) is 6.92 Å². The van der Waals surface area contributed by atoms with Crippen molar-refractivity contribution in [3.63, 3.8) is 0 Å². The second-order valence-corrected chi connectivity index (χ2v) is 9.25. The molecule has 148 valence electrons. The Labute approximate surface area is 168 Å². The third kappa shape index (κ3) is 4.12. The summed E-state index contributed by atoms with van der Waals surface area (Å²) in [6.45, 7) is 7.94. The van der Waals surface area contributed by atoms with E-state index in [0.717, 1.165) is 24.8 Å². The SMILES string of the molecule is Cc1occc1C(=O)OCC(=O)Nc1sc2c(c1C#N)CC[C@@H](C(C)(C)C)C2. The van der Waals surface area contributed by atoms with Crippen molar-refractivity contribution in [2.24, 2.45) is 11.3 Å². The summed E-state index contributed by atoms with van der Waals surface area (Å²) in [5.74, 6) is -0.0817. The van der Waals surface area contributed by atoms with Gasteiger partial charge in [-0.25, -0.2) is 4.79 Å². The Hall–Kier alpha value is -2.59. The molecule has 0 spiro atoms. The van der Waals surface area contributed by atoms with Crippen LogP contribution in [0.25, 0.3) is 0 Å². The zero-order chi connectivity index (χ0) is 20.5. The van der Waals surface area contributed by atoms with Crippen LogP contribution in [0.2, 0.25) is 0 Å². The minimum Gasteiger partial charge on any atom is -0.469 e. The van der Waals surface area contributed by atoms with E-state index in [0.29, 0.717) is 27.8 Å². The van der Waals surface area contributed by atoms with Crippen LogP contribution in [0.5, 0.6) is 0 Å². The Morgan fingerprint density at radius 1 is 1.43 bits per heavy atom. The first-order valence-corrected chi connectivity index (χ1v) is 10.1. The maximum absolute atomic E-state index is 12.3. The van der Waals surface area contributed by atoms with E-state index in [1.807, 2.05) is 0 Å². The number of amides is 1. The number of thiophene rings is 1. The van der Waals surface area contributed by atoms with Gasteiger partial charge in [-0.2, -0.15) is 5.26 Å². The van der Waals surface area contributed by atoms with Crippen LogP contribution < -0.4 is 5.32 Å². The van der Waals surface area contributed by atoms with Gasteiger partial charge in [0.25, 0.3) is 5.91 Å². The molecule has 0 saturated heterocycles. The number of ether oxygens (including phenoxy) is 1. The molecular formula is C21H24N2O4S. The third-order valence-corrected chi connectivity index (χ3v) is 6.44. The first-order valence-electron chi connectivity index (χ1n) is 9.26. The summed E-state index contributed by atoms with van der Waals surface area (Å²) in [7, 11) is 0. The molecule has 0 aliphatic heterocycles. The quantitative estimate of drug-likeness (QED) is 0.765. The number of fused-ring (bicyclic) bond motifs is 1. The second kappa shape index (κ2) is 7.80. The number of nitrogens with one attached hydrogen (secondary N) is 1. The number of carbonyl (C=O) groups is 2. The highest BCUT2D eigenvalue weighted by Gasteiger charge is 2.32. The Bertz CT molecular complexity index is 943. The smallest absolute Gasteiger partial charge is 0.342 e. The van der Waals surface area contributed by atoms with Crippen LogP contribution in [0.3, 0.4) is 0 Å². The van der Waals surface area contributed by atoms with Gasteiger partial charge in [-0.05, 0) is 49.1 Å². The number of hydrogen-bond acceptors (Lipinski definition) is 6. The number of furan rings is 1. The zero-order valence-electron chi connectivity index (χ0n) is 16.5. The van der Waals surface area contributed by atoms with Gasteiger partial charge in [0.1, 0.15) is 22.4 Å². The molecule has 0 fully saturated rings. The maximum Gasteiger partial charge on any atom is 0.342 e. The maximum atomic E-state index is 12.3. The molecule has 1 aliphatic rings. The summed E-state index contributed by atoms with van der Waals surface area (Å²) < 4.78 is 10.1. The molecular weight excluding hydrogens is 376 g/mol. The van der Waals surface area contributed by atoms with Crippen molar-refractivity contribution in [3.8, 4) is 6.07 Å². The summed E-state index contributed by atoms with van der Waals surface area (Å²) in [6.07, 6.45) is 4.20. The number of carbonyl (C=O) groups excluding carboxylic acids is 2. The van der Waals surface area contributed by atoms with Gasteiger partial charge in [0.05, 0.1) is 11.8 Å². The molecule has 0 aromatic carbocycles. The molecule has 28 heavy (non-hydrogen) atoms. The van der Waals surface area contributed by atoms with Crippen LogP contribution in [-0.4, -0.2) is 18.5 Å². The Balaban J connectivity index is 1.67. The zero-order valence-corrected chi connectivity index (χ0v) is 17.4. The van der Waals surface area contributed by atoms with Gasteiger partial charge in [-0.15, -0.1) is 11.3 Å². The van der Waals surface area contributed by atoms with Crippen molar-refractivity contribution < 1.29 is 18.7 Å². The van der Waals surface area contributed by atoms with E-state index < -0.39 is 18.5 Å². The summed E-state index contributed by atoms with van der Waals surface area (Å²) in [6, 6.07) is 3.74. The molecule has 2 aromatic rings. The van der Waals surface area contributed by atoms with Crippen molar-refractivity contribution in [3.05, 3.63) is 39.7 Å². The number of aryl methyl sites for hydroxylation is 1. The molecule has 3 rings (SSSR count). The van der Waals surface area contributed by atoms with Crippen LogP contribution in [0.15, 0.2) is 16.7 Å². The largest absolute Gasteiger partial charge is 0.469 e. The molecule has 0 radical (unpaired) electrons. The van der Waals surface area contributed by atoms with Gasteiger partial charge in [-0.3, -0.25) is 4.79 Å². The van der Waals surface area contributed by atoms with Gasteiger partial charge in [-0.1, -0.05) is 20.8 Å². The lowest BCUT2D eigenvalue weighted by molar-refractivity contribution is -0.119. The topological polar surface area (TPSA) is 92.3 Å². The van der Waals surface area contributed by atoms with Gasteiger partial charge >= 0.3 is 5.97 Å². The summed E-state index contributed by atoms with van der Waals surface area (Å²) in [5.41, 5.74) is 2.09. The fourth-order valence-corrected chi connectivity index (χ4v) is 4.79. The minimum atomic E-state index is -0.611. The molecule has 1 N–H and O–H groups in total. The lowest BCUT2D eigenvalue weighted by atomic mass is 9.72. The highest BCUT2D eigenvalue weighted by molar-refractivity contribution is 7.16. The standard InChI is InChI=1S/C21H24N2O4S/c1-12-14(7-8-26-12)20(25)27-11-18(24)23-19-16(10-22)15-6-5-13(21(2,3)4)9-17(15)28-19/h7-8,13H,5-6,9,11H2,1-4H3,(H,23,24)/t13-/m1/s1. The first-order chi connectivity index (χ1) is 13.2. The number of anilines is 1. The number of nitrogens with zero attached hydrogens (tertiary/aromatic N) is 1. The highest BCUT2D eigenvalue weighted by Crippen LogP contribution is 2.43. The summed E-state index contributed by atoms with van der Waals surface area (Å²) in [5, 5.41) is 12.9. The van der Waals surface area contributed by atoms with Crippen LogP contribution in [0.1, 0.15) is 59.3 Å². The average molecular weight is 401 g/mol. The minimum absolute atomic E-state index is 0.206. The predicted octanol–water partition coefficient (Wildman–Crippen LogP) is 4.47. The Morgan fingerprint density at radius 3 is 2.79 bits per heavy atom. The van der Waals surface area contributed by atoms with Crippen molar-refractivity contribution >= 4 is 28.2 Å². The number of nitriles is 1. The van der Waals surface area contributed by atoms with Crippen molar-refractivity contribution in [1.29, 1.82) is 5.26 Å². The van der Waals surface area contributed by atoms with E-state index in [9.17, 15) is 14.9 Å². The van der Waals surface area contributed by atoms with E-state index in [-0.39, 0.29) is 5.41 Å². The van der Waals surface area contributed by atoms with Gasteiger partial charge in [0.15, 0.2) is 6.61 Å². The van der Waals surface area contributed by atoms with Crippen molar-refractivity contribution in [1.82, 2.24) is 0 Å². The lowest BCUT2D eigenvalue weighted by Gasteiger charge is -2.33. The number of hydrogen-bond donors (Lipinski definition) is 1. The normalized spacial score (nSPS) is 16.2. The second-order valence-electron chi connectivity index (χ2n) is 8.14. The first kappa shape index (κ1) is 20.2. The van der Waals surface area contributed by atoms with Gasteiger partial charge in [0.2, 0.25) is 0 Å². The van der Waals surface area contributed by atoms with E-state index in [1.165, 1.54) is 28.5 Å². The molecule has 1 atom stereocenters. The highest BCUT2D eigenvalue weighted by atomic mass is 32.1. The molecule has 6 nitrogen and oxygen atoms in total. The van der Waals surface area contributed by atoms with Gasteiger partial charge < -0.3 is 14.5 Å². The molecule has 0 unspecified atom stereocenters. The predicted molar refractivity (Wildman–Crippen MR) is 106 cm³/mol.